The van der Waals surface area contributed by atoms with Gasteiger partial charge in [-0.1, -0.05) is 19.4 Å². The molecule has 0 saturated heterocycles. The van der Waals surface area contributed by atoms with Crippen molar-refractivity contribution in [3.63, 3.8) is 0 Å². The Labute approximate surface area is 101 Å². The van der Waals surface area contributed by atoms with Crippen LogP contribution in [0.2, 0.25) is 0 Å². The fourth-order valence-electron chi connectivity index (χ4n) is 1.46. The minimum atomic E-state index is -0.929. The number of carboxylic acids is 1. The summed E-state index contributed by atoms with van der Waals surface area (Å²) in [6.45, 7) is 2.02. The van der Waals surface area contributed by atoms with Crippen molar-refractivity contribution < 1.29 is 19.4 Å². The van der Waals surface area contributed by atoms with Crippen LogP contribution in [-0.4, -0.2) is 24.3 Å². The Hall–Kier alpha value is -1.71. The molecular weight excluding hydrogens is 220 g/mol. The highest BCUT2D eigenvalue weighted by Crippen LogP contribution is 2.21. The van der Waals surface area contributed by atoms with Crippen LogP contribution in [0, 0.1) is 0 Å². The summed E-state index contributed by atoms with van der Waals surface area (Å²) in [5, 5.41) is 9.03. The molecule has 4 heteroatoms. The van der Waals surface area contributed by atoms with Gasteiger partial charge in [-0.25, -0.2) is 4.79 Å². The Morgan fingerprint density at radius 3 is 2.71 bits per heavy atom. The molecule has 0 saturated carbocycles. The van der Waals surface area contributed by atoms with E-state index in [1.165, 1.54) is 0 Å². The van der Waals surface area contributed by atoms with Crippen LogP contribution >= 0.6 is 0 Å². The summed E-state index contributed by atoms with van der Waals surface area (Å²) in [5.74, 6) is 0.247. The van der Waals surface area contributed by atoms with Gasteiger partial charge in [0.2, 0.25) is 0 Å². The minimum Gasteiger partial charge on any atom is -0.497 e. The highest BCUT2D eigenvalue weighted by Gasteiger charge is 2.18. The third kappa shape index (κ3) is 4.34. The summed E-state index contributed by atoms with van der Waals surface area (Å²) in [4.78, 5) is 11.0. The first-order valence-electron chi connectivity index (χ1n) is 5.71. The number of aliphatic carboxylic acids is 1. The fourth-order valence-corrected chi connectivity index (χ4v) is 1.46. The molecule has 0 aliphatic heterocycles. The second-order valence-corrected chi connectivity index (χ2v) is 3.77. The predicted octanol–water partition coefficient (Wildman–Crippen LogP) is 2.72. The second kappa shape index (κ2) is 6.78. The monoisotopic (exact) mass is 238 g/mol. The number of carboxylic acid groups (broad SMARTS) is 1. The van der Waals surface area contributed by atoms with Crippen molar-refractivity contribution in [2.24, 2.45) is 0 Å². The molecule has 0 bridgehead atoms. The fraction of sp³-hybridized carbons (Fsp3) is 0.462. The Bertz CT molecular complexity index is 362. The first-order chi connectivity index (χ1) is 8.17. The molecule has 1 atom stereocenters. The topological polar surface area (TPSA) is 55.8 Å². The van der Waals surface area contributed by atoms with Crippen LogP contribution in [0.4, 0.5) is 0 Å². The maximum atomic E-state index is 11.0. The molecule has 0 unspecified atom stereocenters. The van der Waals surface area contributed by atoms with Gasteiger partial charge < -0.3 is 14.6 Å². The van der Waals surface area contributed by atoms with E-state index in [9.17, 15) is 4.79 Å². The molecule has 0 aliphatic carbocycles. The second-order valence-electron chi connectivity index (χ2n) is 3.77. The van der Waals surface area contributed by atoms with E-state index >= 15 is 0 Å². The SMILES string of the molecule is CCCC[C@@H](Oc1cccc(OC)c1)C(=O)O. The van der Waals surface area contributed by atoms with Crippen molar-refractivity contribution in [2.75, 3.05) is 7.11 Å². The van der Waals surface area contributed by atoms with Gasteiger partial charge in [0.1, 0.15) is 11.5 Å². The summed E-state index contributed by atoms with van der Waals surface area (Å²) in [6, 6.07) is 6.97. The summed E-state index contributed by atoms with van der Waals surface area (Å²) in [5.41, 5.74) is 0. The van der Waals surface area contributed by atoms with Crippen molar-refractivity contribution in [1.29, 1.82) is 0 Å². The molecule has 0 heterocycles. The third-order valence-corrected chi connectivity index (χ3v) is 2.41. The van der Waals surface area contributed by atoms with E-state index in [0.717, 1.165) is 12.8 Å². The van der Waals surface area contributed by atoms with E-state index < -0.39 is 12.1 Å². The lowest BCUT2D eigenvalue weighted by Crippen LogP contribution is -2.26. The van der Waals surface area contributed by atoms with Crippen LogP contribution in [0.3, 0.4) is 0 Å². The average Bonchev–Trinajstić information content (AvgIpc) is 2.34. The first-order valence-corrected chi connectivity index (χ1v) is 5.71. The average molecular weight is 238 g/mol. The molecule has 0 fully saturated rings. The number of rotatable bonds is 7. The van der Waals surface area contributed by atoms with Crippen LogP contribution in [-0.2, 0) is 4.79 Å². The van der Waals surface area contributed by atoms with Crippen LogP contribution in [0.15, 0.2) is 24.3 Å². The molecule has 1 N–H and O–H groups in total. The quantitative estimate of drug-likeness (QED) is 0.793. The summed E-state index contributed by atoms with van der Waals surface area (Å²) >= 11 is 0. The lowest BCUT2D eigenvalue weighted by Gasteiger charge is -2.15. The summed E-state index contributed by atoms with van der Waals surface area (Å²) in [6.07, 6.45) is 1.51. The van der Waals surface area contributed by atoms with E-state index in [1.54, 1.807) is 31.4 Å². The molecule has 0 aliphatic rings. The zero-order valence-corrected chi connectivity index (χ0v) is 10.2. The number of carbonyl (C=O) groups is 1. The number of hydrogen-bond acceptors (Lipinski definition) is 3. The van der Waals surface area contributed by atoms with E-state index in [-0.39, 0.29) is 0 Å². The summed E-state index contributed by atoms with van der Waals surface area (Å²) in [7, 11) is 1.56. The van der Waals surface area contributed by atoms with E-state index in [4.69, 9.17) is 14.6 Å². The van der Waals surface area contributed by atoms with Crippen molar-refractivity contribution in [2.45, 2.75) is 32.3 Å². The lowest BCUT2D eigenvalue weighted by molar-refractivity contribution is -0.145. The highest BCUT2D eigenvalue weighted by molar-refractivity contribution is 5.72. The van der Waals surface area contributed by atoms with E-state index in [2.05, 4.69) is 0 Å². The van der Waals surface area contributed by atoms with Gasteiger partial charge in [0.25, 0.3) is 0 Å². The number of ether oxygens (including phenoxy) is 2. The Balaban J connectivity index is 2.67. The lowest BCUT2D eigenvalue weighted by atomic mass is 10.1. The maximum Gasteiger partial charge on any atom is 0.344 e. The molecule has 0 radical (unpaired) electrons. The number of benzene rings is 1. The molecular formula is C13H18O4. The van der Waals surface area contributed by atoms with Crippen molar-refractivity contribution >= 4 is 5.97 Å². The number of methoxy groups -OCH3 is 1. The number of hydrogen-bond donors (Lipinski definition) is 1. The van der Waals surface area contributed by atoms with Gasteiger partial charge in [0, 0.05) is 6.07 Å². The van der Waals surface area contributed by atoms with Gasteiger partial charge in [-0.3, -0.25) is 0 Å². The normalized spacial score (nSPS) is 11.9. The van der Waals surface area contributed by atoms with Crippen LogP contribution in [0.5, 0.6) is 11.5 Å². The van der Waals surface area contributed by atoms with Gasteiger partial charge in [-0.2, -0.15) is 0 Å². The Morgan fingerprint density at radius 1 is 1.41 bits per heavy atom. The van der Waals surface area contributed by atoms with Crippen LogP contribution in [0.1, 0.15) is 26.2 Å². The van der Waals surface area contributed by atoms with Gasteiger partial charge in [0.05, 0.1) is 7.11 Å². The van der Waals surface area contributed by atoms with Crippen molar-refractivity contribution in [3.05, 3.63) is 24.3 Å². The molecule has 1 aromatic carbocycles. The smallest absolute Gasteiger partial charge is 0.344 e. The molecule has 1 rings (SSSR count). The standard InChI is InChI=1S/C13H18O4/c1-3-4-8-12(13(14)15)17-11-7-5-6-10(9-11)16-2/h5-7,9,12H,3-4,8H2,1-2H3,(H,14,15)/t12-/m1/s1. The molecule has 0 spiro atoms. The summed E-state index contributed by atoms with van der Waals surface area (Å²) < 4.78 is 10.5. The van der Waals surface area contributed by atoms with Crippen LogP contribution in [0.25, 0.3) is 0 Å². The molecule has 4 nitrogen and oxygen atoms in total. The van der Waals surface area contributed by atoms with Crippen molar-refractivity contribution in [1.82, 2.24) is 0 Å². The Morgan fingerprint density at radius 2 is 2.12 bits per heavy atom. The van der Waals surface area contributed by atoms with Gasteiger partial charge in [0.15, 0.2) is 6.10 Å². The maximum absolute atomic E-state index is 11.0. The Kier molecular flexibility index (Phi) is 5.33. The third-order valence-electron chi connectivity index (χ3n) is 2.41. The van der Waals surface area contributed by atoms with Gasteiger partial charge in [-0.05, 0) is 25.0 Å². The predicted molar refractivity (Wildman–Crippen MR) is 64.6 cm³/mol. The minimum absolute atomic E-state index is 0.517. The molecule has 1 aromatic rings. The molecule has 0 aromatic heterocycles. The first kappa shape index (κ1) is 13.4. The molecule has 17 heavy (non-hydrogen) atoms. The van der Waals surface area contributed by atoms with E-state index in [0.29, 0.717) is 17.9 Å². The van der Waals surface area contributed by atoms with Crippen molar-refractivity contribution in [3.8, 4) is 11.5 Å². The van der Waals surface area contributed by atoms with Gasteiger partial charge in [-0.15, -0.1) is 0 Å². The molecule has 0 amide bonds. The zero-order valence-electron chi connectivity index (χ0n) is 10.2. The van der Waals surface area contributed by atoms with Gasteiger partial charge >= 0.3 is 5.97 Å². The highest BCUT2D eigenvalue weighted by atomic mass is 16.5. The number of unbranched alkanes of at least 4 members (excludes halogenated alkanes) is 1. The van der Waals surface area contributed by atoms with E-state index in [1.807, 2.05) is 6.92 Å². The van der Waals surface area contributed by atoms with Crippen LogP contribution < -0.4 is 9.47 Å². The zero-order chi connectivity index (χ0) is 12.7. The molecule has 94 valence electrons. The largest absolute Gasteiger partial charge is 0.497 e.